The van der Waals surface area contributed by atoms with E-state index in [4.69, 9.17) is 4.74 Å². The molecule has 0 aromatic rings. The summed E-state index contributed by atoms with van der Waals surface area (Å²) in [7, 11) is -3.59. The minimum absolute atomic E-state index is 0.0307. The molecule has 4 N–H and O–H groups in total. The number of amides is 5. The topological polar surface area (TPSA) is 180 Å². The number of nitrogens with one attached hydrogen (secondary N) is 4. The SMILES string of the molecule is C=CCNC(=O)C(=O)[C@H]1CCCCCCCO[C@@H](C)[C@H](NC(=O)NC2(CS(=O)(=O)C(C)(C)C)CCCCC2)C(=O)N2C[C@H]3[C@@H]([C@H]2C(=O)N1)C3(C)C. The van der Waals surface area contributed by atoms with Crippen molar-refractivity contribution in [3.63, 3.8) is 0 Å². The molecule has 14 heteroatoms. The number of hydrogen-bond acceptors (Lipinski definition) is 8. The molecule has 4 rings (SSSR count). The van der Waals surface area contributed by atoms with Crippen LogP contribution in [0, 0.1) is 17.3 Å². The number of carbonyl (C=O) groups excluding carboxylic acids is 5. The lowest BCUT2D eigenvalue weighted by atomic mass is 9.83. The second-order valence-electron chi connectivity index (χ2n) is 16.7. The van der Waals surface area contributed by atoms with Crippen LogP contribution in [0.15, 0.2) is 12.7 Å². The first-order valence-corrected chi connectivity index (χ1v) is 20.5. The largest absolute Gasteiger partial charge is 0.376 e. The summed E-state index contributed by atoms with van der Waals surface area (Å²) in [5, 5.41) is 11.2. The molecule has 51 heavy (non-hydrogen) atoms. The molecule has 2 aliphatic carbocycles. The van der Waals surface area contributed by atoms with Crippen LogP contribution in [0.1, 0.15) is 112 Å². The lowest BCUT2D eigenvalue weighted by Crippen LogP contribution is -2.64. The number of sulfone groups is 1. The van der Waals surface area contributed by atoms with Crippen molar-refractivity contribution >= 4 is 39.4 Å². The Morgan fingerprint density at radius 2 is 1.65 bits per heavy atom. The van der Waals surface area contributed by atoms with Crippen molar-refractivity contribution in [2.24, 2.45) is 17.3 Å². The van der Waals surface area contributed by atoms with Gasteiger partial charge < -0.3 is 30.9 Å². The molecule has 5 amide bonds. The molecule has 13 nitrogen and oxygen atoms in total. The molecule has 4 aliphatic rings. The predicted molar refractivity (Wildman–Crippen MR) is 194 cm³/mol. The minimum atomic E-state index is -3.59. The highest BCUT2D eigenvalue weighted by Gasteiger charge is 2.69. The Morgan fingerprint density at radius 1 is 1.02 bits per heavy atom. The molecule has 2 aliphatic heterocycles. The molecule has 0 aromatic heterocycles. The number of rotatable bonds is 8. The monoisotopic (exact) mass is 735 g/mol. The first-order chi connectivity index (χ1) is 23.8. The van der Waals surface area contributed by atoms with E-state index in [9.17, 15) is 32.4 Å². The molecule has 0 aromatic carbocycles. The molecule has 0 unspecified atom stereocenters. The lowest BCUT2D eigenvalue weighted by molar-refractivity contribution is -0.146. The second-order valence-corrected chi connectivity index (χ2v) is 19.5. The van der Waals surface area contributed by atoms with Gasteiger partial charge >= 0.3 is 6.03 Å². The van der Waals surface area contributed by atoms with Gasteiger partial charge in [0.1, 0.15) is 12.1 Å². The highest BCUT2D eigenvalue weighted by Crippen LogP contribution is 2.65. The number of Topliss-reactive ketones (excluding diaryl/α,β-unsaturated/α-hetero) is 1. The summed E-state index contributed by atoms with van der Waals surface area (Å²) in [6, 6.07) is -3.80. The van der Waals surface area contributed by atoms with E-state index in [0.717, 1.165) is 44.9 Å². The average Bonchev–Trinajstić information content (AvgIpc) is 3.36. The van der Waals surface area contributed by atoms with Crippen LogP contribution < -0.4 is 21.3 Å². The fourth-order valence-corrected chi connectivity index (χ4v) is 9.71. The summed E-state index contributed by atoms with van der Waals surface area (Å²) >= 11 is 0. The number of nitrogens with zero attached hydrogens (tertiary/aromatic N) is 1. The maximum atomic E-state index is 14.5. The van der Waals surface area contributed by atoms with Crippen molar-refractivity contribution in [3.05, 3.63) is 12.7 Å². The zero-order chi connectivity index (χ0) is 37.8. The molecule has 0 radical (unpaired) electrons. The fraction of sp³-hybridized carbons (Fsp3) is 0.811. The van der Waals surface area contributed by atoms with Crippen molar-refractivity contribution in [1.82, 2.24) is 26.2 Å². The van der Waals surface area contributed by atoms with E-state index in [1.165, 1.54) is 11.0 Å². The molecular weight excluding hydrogens is 675 g/mol. The predicted octanol–water partition coefficient (Wildman–Crippen LogP) is 3.17. The standard InChI is InChI=1S/C37H61N5O8S/c1-8-20-38-32(45)30(43)26-17-13-10-9-11-16-21-50-24(2)28(33(46)42-22-25-27(36(25,6)7)29(42)31(44)39-26)40-34(47)41-37(18-14-12-15-19-37)23-51(48,49)35(3,4)5/h8,24-29H,1,9-23H2,2-7H3,(H,38,45)(H,39,44)(H2,40,41,47)/t24-,25-,26+,27-,28-,29-/m0/s1. The Balaban J connectivity index is 1.61. The number of carbonyl (C=O) groups is 5. The van der Waals surface area contributed by atoms with Crippen LogP contribution >= 0.6 is 0 Å². The van der Waals surface area contributed by atoms with Gasteiger partial charge in [-0.3, -0.25) is 19.2 Å². The Morgan fingerprint density at radius 3 is 2.29 bits per heavy atom. The number of urea groups is 1. The summed E-state index contributed by atoms with van der Waals surface area (Å²) in [4.78, 5) is 70.0. The fourth-order valence-electron chi connectivity index (χ4n) is 8.19. The van der Waals surface area contributed by atoms with Crippen LogP contribution in [0.2, 0.25) is 0 Å². The van der Waals surface area contributed by atoms with Gasteiger partial charge in [-0.05, 0) is 70.6 Å². The summed E-state index contributed by atoms with van der Waals surface area (Å²) in [6.07, 6.45) is 8.31. The third-order valence-corrected chi connectivity index (χ3v) is 14.5. The molecule has 288 valence electrons. The van der Waals surface area contributed by atoms with E-state index >= 15 is 0 Å². The van der Waals surface area contributed by atoms with Crippen LogP contribution in [0.5, 0.6) is 0 Å². The van der Waals surface area contributed by atoms with Gasteiger partial charge in [0.15, 0.2) is 9.84 Å². The summed E-state index contributed by atoms with van der Waals surface area (Å²) in [5.74, 6) is -2.89. The quantitative estimate of drug-likeness (QED) is 0.217. The molecular formula is C37H61N5O8S. The van der Waals surface area contributed by atoms with E-state index in [1.54, 1.807) is 27.7 Å². The minimum Gasteiger partial charge on any atom is -0.376 e. The summed E-state index contributed by atoms with van der Waals surface area (Å²) < 4.78 is 31.9. The van der Waals surface area contributed by atoms with Crippen LogP contribution in [-0.4, -0.2) is 103 Å². The van der Waals surface area contributed by atoms with Gasteiger partial charge in [-0.2, -0.15) is 0 Å². The number of ether oxygens (including phenoxy) is 1. The van der Waals surface area contributed by atoms with Crippen LogP contribution in [0.25, 0.3) is 0 Å². The third kappa shape index (κ3) is 9.52. The average molecular weight is 736 g/mol. The number of ketones is 1. The van der Waals surface area contributed by atoms with Crippen LogP contribution in [0.3, 0.4) is 0 Å². The Bertz CT molecular complexity index is 1430. The Labute approximate surface area is 304 Å². The normalized spacial score (nSPS) is 30.2. The van der Waals surface area contributed by atoms with Crippen molar-refractivity contribution in [2.75, 3.05) is 25.4 Å². The van der Waals surface area contributed by atoms with Crippen molar-refractivity contribution in [3.8, 4) is 0 Å². The van der Waals surface area contributed by atoms with Crippen LogP contribution in [-0.2, 0) is 33.8 Å². The van der Waals surface area contributed by atoms with Gasteiger partial charge in [0, 0.05) is 19.7 Å². The molecule has 6 atom stereocenters. The third-order valence-electron chi connectivity index (χ3n) is 11.7. The second kappa shape index (κ2) is 16.3. The zero-order valence-electron chi connectivity index (χ0n) is 31.5. The highest BCUT2D eigenvalue weighted by atomic mass is 32.2. The van der Waals surface area contributed by atoms with Gasteiger partial charge in [-0.15, -0.1) is 6.58 Å². The summed E-state index contributed by atoms with van der Waals surface area (Å²) in [6.45, 7) is 15.1. The Hall–Kier alpha value is -3.00. The maximum absolute atomic E-state index is 14.5. The molecule has 2 saturated heterocycles. The highest BCUT2D eigenvalue weighted by molar-refractivity contribution is 7.92. The van der Waals surface area contributed by atoms with Crippen molar-refractivity contribution in [1.29, 1.82) is 0 Å². The first-order valence-electron chi connectivity index (χ1n) is 18.8. The number of hydrogen-bond donors (Lipinski definition) is 4. The van der Waals surface area contributed by atoms with Crippen molar-refractivity contribution in [2.45, 2.75) is 147 Å². The Kier molecular flexibility index (Phi) is 13.1. The molecule has 0 bridgehead atoms. The summed E-state index contributed by atoms with van der Waals surface area (Å²) in [5.41, 5.74) is -1.21. The van der Waals surface area contributed by atoms with Gasteiger partial charge in [-0.1, -0.05) is 64.9 Å². The molecule has 2 heterocycles. The van der Waals surface area contributed by atoms with E-state index in [0.29, 0.717) is 25.9 Å². The smallest absolute Gasteiger partial charge is 0.315 e. The van der Waals surface area contributed by atoms with Gasteiger partial charge in [0.05, 0.1) is 28.2 Å². The van der Waals surface area contributed by atoms with Gasteiger partial charge in [0.25, 0.3) is 5.91 Å². The van der Waals surface area contributed by atoms with E-state index in [1.807, 2.05) is 13.8 Å². The van der Waals surface area contributed by atoms with E-state index in [-0.39, 0.29) is 42.5 Å². The lowest BCUT2D eigenvalue weighted by Gasteiger charge is -2.40. The zero-order valence-corrected chi connectivity index (χ0v) is 32.3. The molecule has 4 fully saturated rings. The molecule has 2 saturated carbocycles. The van der Waals surface area contributed by atoms with Crippen LogP contribution in [0.4, 0.5) is 4.79 Å². The van der Waals surface area contributed by atoms with E-state index in [2.05, 4.69) is 27.8 Å². The van der Waals surface area contributed by atoms with Gasteiger partial charge in [-0.25, -0.2) is 13.2 Å². The van der Waals surface area contributed by atoms with E-state index < -0.39 is 73.9 Å². The van der Waals surface area contributed by atoms with Crippen molar-refractivity contribution < 1.29 is 37.1 Å². The molecule has 0 spiro atoms. The number of piperidine rings is 1. The van der Waals surface area contributed by atoms with Gasteiger partial charge in [0.2, 0.25) is 17.6 Å². The first kappa shape index (κ1) is 40.8. The number of fused-ring (bicyclic) bond motifs is 3. The maximum Gasteiger partial charge on any atom is 0.315 e.